The van der Waals surface area contributed by atoms with Gasteiger partial charge in [-0.15, -0.1) is 0 Å². The zero-order valence-electron chi connectivity index (χ0n) is 9.85. The zero-order chi connectivity index (χ0) is 12.3. The van der Waals surface area contributed by atoms with Crippen molar-refractivity contribution in [2.75, 3.05) is 12.4 Å². The summed E-state index contributed by atoms with van der Waals surface area (Å²) in [5, 5.41) is 12.3. The molecule has 1 fully saturated rings. The Hall–Kier alpha value is -1.55. The molecule has 1 aromatic carbocycles. The predicted molar refractivity (Wildman–Crippen MR) is 65.5 cm³/mol. The first-order chi connectivity index (χ1) is 8.19. The quantitative estimate of drug-likeness (QED) is 0.841. The van der Waals surface area contributed by atoms with Crippen LogP contribution in [0.4, 0.5) is 5.69 Å². The number of aromatic carboxylic acids is 1. The molecule has 0 spiro atoms. The maximum Gasteiger partial charge on any atom is 0.335 e. The third-order valence-corrected chi connectivity index (χ3v) is 3.20. The van der Waals surface area contributed by atoms with E-state index in [1.807, 2.05) is 6.07 Å². The predicted octanol–water partition coefficient (Wildman–Crippen LogP) is 2.36. The normalized spacial score (nSPS) is 23.6. The Balaban J connectivity index is 1.99. The molecular formula is C13H17NO3. The molecule has 4 heteroatoms. The van der Waals surface area contributed by atoms with Crippen molar-refractivity contribution in [2.45, 2.75) is 31.4 Å². The van der Waals surface area contributed by atoms with Gasteiger partial charge in [0.25, 0.3) is 0 Å². The summed E-state index contributed by atoms with van der Waals surface area (Å²) in [5.74, 6) is -0.894. The second-order valence-electron chi connectivity index (χ2n) is 4.40. The lowest BCUT2D eigenvalue weighted by atomic mass is 10.1. The van der Waals surface area contributed by atoms with Crippen molar-refractivity contribution in [3.8, 4) is 0 Å². The van der Waals surface area contributed by atoms with Crippen molar-refractivity contribution in [1.29, 1.82) is 0 Å². The fourth-order valence-electron chi connectivity index (χ4n) is 2.26. The van der Waals surface area contributed by atoms with Crippen LogP contribution in [0.3, 0.4) is 0 Å². The molecular weight excluding hydrogens is 218 g/mol. The molecule has 2 N–H and O–H groups in total. The van der Waals surface area contributed by atoms with Gasteiger partial charge in [0.05, 0.1) is 11.7 Å². The van der Waals surface area contributed by atoms with Crippen molar-refractivity contribution >= 4 is 11.7 Å². The van der Waals surface area contributed by atoms with E-state index >= 15 is 0 Å². The van der Waals surface area contributed by atoms with Crippen LogP contribution >= 0.6 is 0 Å². The second kappa shape index (κ2) is 5.19. The van der Waals surface area contributed by atoms with Gasteiger partial charge in [0.15, 0.2) is 0 Å². The molecule has 1 aliphatic rings. The first-order valence-electron chi connectivity index (χ1n) is 5.81. The first-order valence-corrected chi connectivity index (χ1v) is 5.81. The summed E-state index contributed by atoms with van der Waals surface area (Å²) in [4.78, 5) is 10.8. The number of carboxylic acids is 1. The summed E-state index contributed by atoms with van der Waals surface area (Å²) in [6, 6.07) is 7.30. The van der Waals surface area contributed by atoms with Gasteiger partial charge in [-0.3, -0.25) is 0 Å². The van der Waals surface area contributed by atoms with Gasteiger partial charge >= 0.3 is 5.97 Å². The summed E-state index contributed by atoms with van der Waals surface area (Å²) < 4.78 is 5.31. The van der Waals surface area contributed by atoms with Gasteiger partial charge in [-0.25, -0.2) is 4.79 Å². The highest BCUT2D eigenvalue weighted by Crippen LogP contribution is 2.25. The largest absolute Gasteiger partial charge is 0.478 e. The number of hydrogen-bond acceptors (Lipinski definition) is 3. The highest BCUT2D eigenvalue weighted by molar-refractivity contribution is 5.88. The Kier molecular flexibility index (Phi) is 3.64. The molecule has 0 amide bonds. The Morgan fingerprint density at radius 1 is 1.47 bits per heavy atom. The Morgan fingerprint density at radius 2 is 2.29 bits per heavy atom. The number of rotatable bonds is 4. The molecule has 92 valence electrons. The number of nitrogens with one attached hydrogen (secondary N) is 1. The minimum atomic E-state index is -0.894. The van der Waals surface area contributed by atoms with Crippen LogP contribution in [0.2, 0.25) is 0 Å². The summed E-state index contributed by atoms with van der Waals surface area (Å²) in [5.41, 5.74) is 1.18. The van der Waals surface area contributed by atoms with E-state index in [1.54, 1.807) is 25.3 Å². The number of methoxy groups -OCH3 is 1. The lowest BCUT2D eigenvalue weighted by Crippen LogP contribution is -2.17. The third-order valence-electron chi connectivity index (χ3n) is 3.20. The van der Waals surface area contributed by atoms with E-state index in [0.717, 1.165) is 24.9 Å². The molecule has 1 aromatic rings. The lowest BCUT2D eigenvalue weighted by Gasteiger charge is -2.14. The average Bonchev–Trinajstić information content (AvgIpc) is 2.77. The molecule has 0 heterocycles. The summed E-state index contributed by atoms with van der Waals surface area (Å²) in [6.45, 7) is 0. The van der Waals surface area contributed by atoms with E-state index in [2.05, 4.69) is 5.32 Å². The highest BCUT2D eigenvalue weighted by atomic mass is 16.5. The molecule has 1 aliphatic carbocycles. The number of benzene rings is 1. The molecule has 4 nitrogen and oxygen atoms in total. The molecule has 0 radical (unpaired) electrons. The van der Waals surface area contributed by atoms with Crippen LogP contribution in [0, 0.1) is 0 Å². The van der Waals surface area contributed by atoms with Gasteiger partial charge in [-0.1, -0.05) is 6.07 Å². The maximum atomic E-state index is 10.8. The monoisotopic (exact) mass is 235 g/mol. The van der Waals surface area contributed by atoms with Crippen LogP contribution in [0.5, 0.6) is 0 Å². The Bertz CT molecular complexity index is 405. The Labute approximate surface area is 101 Å². The molecule has 17 heavy (non-hydrogen) atoms. The van der Waals surface area contributed by atoms with E-state index < -0.39 is 5.97 Å². The molecule has 0 saturated heterocycles. The number of carbonyl (C=O) groups is 1. The van der Waals surface area contributed by atoms with Crippen LogP contribution in [0.1, 0.15) is 29.6 Å². The maximum absolute atomic E-state index is 10.8. The lowest BCUT2D eigenvalue weighted by molar-refractivity contribution is 0.0697. The van der Waals surface area contributed by atoms with Gasteiger partial charge in [0.2, 0.25) is 0 Å². The van der Waals surface area contributed by atoms with Crippen molar-refractivity contribution in [1.82, 2.24) is 0 Å². The van der Waals surface area contributed by atoms with Crippen molar-refractivity contribution in [2.24, 2.45) is 0 Å². The number of hydrogen-bond donors (Lipinski definition) is 2. The van der Waals surface area contributed by atoms with E-state index in [1.165, 1.54) is 0 Å². The number of anilines is 1. The molecule has 0 aromatic heterocycles. The SMILES string of the molecule is COC1CCC(Nc2cccc(C(=O)O)c2)C1. The van der Waals surface area contributed by atoms with Crippen LogP contribution in [-0.2, 0) is 4.74 Å². The van der Waals surface area contributed by atoms with Gasteiger partial charge < -0.3 is 15.2 Å². The van der Waals surface area contributed by atoms with Gasteiger partial charge in [-0.05, 0) is 37.5 Å². The highest BCUT2D eigenvalue weighted by Gasteiger charge is 2.24. The standard InChI is InChI=1S/C13H17NO3/c1-17-12-6-5-11(8-12)14-10-4-2-3-9(7-10)13(15)16/h2-4,7,11-12,14H,5-6,8H2,1H3,(H,15,16). The fraction of sp³-hybridized carbons (Fsp3) is 0.462. The average molecular weight is 235 g/mol. The minimum absolute atomic E-state index is 0.316. The van der Waals surface area contributed by atoms with Crippen LogP contribution in [0.15, 0.2) is 24.3 Å². The van der Waals surface area contributed by atoms with E-state index in [4.69, 9.17) is 9.84 Å². The molecule has 2 rings (SSSR count). The van der Waals surface area contributed by atoms with Crippen molar-refractivity contribution < 1.29 is 14.6 Å². The van der Waals surface area contributed by atoms with Gasteiger partial charge in [0.1, 0.15) is 0 Å². The Morgan fingerprint density at radius 3 is 2.94 bits per heavy atom. The fourth-order valence-corrected chi connectivity index (χ4v) is 2.26. The molecule has 1 saturated carbocycles. The first kappa shape index (κ1) is 11.9. The van der Waals surface area contributed by atoms with Crippen LogP contribution in [0.25, 0.3) is 0 Å². The smallest absolute Gasteiger partial charge is 0.335 e. The molecule has 0 aliphatic heterocycles. The van der Waals surface area contributed by atoms with E-state index in [0.29, 0.717) is 17.7 Å². The molecule has 2 unspecified atom stereocenters. The zero-order valence-corrected chi connectivity index (χ0v) is 9.85. The second-order valence-corrected chi connectivity index (χ2v) is 4.40. The van der Waals surface area contributed by atoms with Crippen molar-refractivity contribution in [3.05, 3.63) is 29.8 Å². The van der Waals surface area contributed by atoms with E-state index in [9.17, 15) is 4.79 Å². The summed E-state index contributed by atoms with van der Waals surface area (Å²) in [7, 11) is 1.73. The topological polar surface area (TPSA) is 58.6 Å². The summed E-state index contributed by atoms with van der Waals surface area (Å²) in [6.07, 6.45) is 3.44. The van der Waals surface area contributed by atoms with Gasteiger partial charge in [-0.2, -0.15) is 0 Å². The van der Waals surface area contributed by atoms with Crippen molar-refractivity contribution in [3.63, 3.8) is 0 Å². The minimum Gasteiger partial charge on any atom is -0.478 e. The third kappa shape index (κ3) is 2.97. The summed E-state index contributed by atoms with van der Waals surface area (Å²) >= 11 is 0. The van der Waals surface area contributed by atoms with E-state index in [-0.39, 0.29) is 0 Å². The molecule has 0 bridgehead atoms. The van der Waals surface area contributed by atoms with Gasteiger partial charge in [0, 0.05) is 18.8 Å². The van der Waals surface area contributed by atoms with Crippen LogP contribution in [-0.4, -0.2) is 30.3 Å². The molecule has 2 atom stereocenters. The number of ether oxygens (including phenoxy) is 1. The van der Waals surface area contributed by atoms with Crippen LogP contribution < -0.4 is 5.32 Å². The number of carboxylic acid groups (broad SMARTS) is 1.